The zero-order chi connectivity index (χ0) is 13.3. The van der Waals surface area contributed by atoms with Gasteiger partial charge in [-0.2, -0.15) is 0 Å². The fourth-order valence-corrected chi connectivity index (χ4v) is 1.91. The summed E-state index contributed by atoms with van der Waals surface area (Å²) in [4.78, 5) is 13.5. The van der Waals surface area contributed by atoms with Gasteiger partial charge in [-0.15, -0.1) is 0 Å². The largest absolute Gasteiger partial charge is 0.459 e. The van der Waals surface area contributed by atoms with Crippen molar-refractivity contribution in [2.24, 2.45) is 5.73 Å². The molecule has 1 aromatic carbocycles. The maximum absolute atomic E-state index is 11.9. The van der Waals surface area contributed by atoms with Crippen molar-refractivity contribution in [2.75, 3.05) is 7.05 Å². The van der Waals surface area contributed by atoms with E-state index >= 15 is 0 Å². The average Bonchev–Trinajstić information content (AvgIpc) is 2.68. The van der Waals surface area contributed by atoms with Crippen LogP contribution in [0.1, 0.15) is 19.6 Å². The van der Waals surface area contributed by atoms with Gasteiger partial charge in [0.25, 0.3) is 0 Å². The maximum atomic E-state index is 11.9. The van der Waals surface area contributed by atoms with Crippen LogP contribution in [0, 0.1) is 0 Å². The molecule has 4 nitrogen and oxygen atoms in total. The first-order chi connectivity index (χ1) is 8.38. The van der Waals surface area contributed by atoms with Crippen molar-refractivity contribution in [1.29, 1.82) is 0 Å². The number of rotatable bonds is 3. The summed E-state index contributed by atoms with van der Waals surface area (Å²) in [5.41, 5.74) is 5.76. The highest BCUT2D eigenvalue weighted by molar-refractivity contribution is 5.85. The SMILES string of the molecule is CN(Cc1cc2ccccc2o1)C(=O)C(C)(C)N. The first-order valence-electron chi connectivity index (χ1n) is 5.90. The van der Waals surface area contributed by atoms with Gasteiger partial charge in [-0.1, -0.05) is 18.2 Å². The van der Waals surface area contributed by atoms with E-state index in [1.54, 1.807) is 25.8 Å². The molecule has 0 bridgehead atoms. The van der Waals surface area contributed by atoms with Crippen molar-refractivity contribution in [2.45, 2.75) is 25.9 Å². The summed E-state index contributed by atoms with van der Waals surface area (Å²) in [6, 6.07) is 9.72. The summed E-state index contributed by atoms with van der Waals surface area (Å²) < 4.78 is 5.67. The maximum Gasteiger partial charge on any atom is 0.242 e. The Balaban J connectivity index is 2.16. The second-order valence-electron chi connectivity index (χ2n) is 5.13. The minimum atomic E-state index is -0.860. The molecule has 0 aliphatic heterocycles. The van der Waals surface area contributed by atoms with Crippen LogP contribution in [0.2, 0.25) is 0 Å². The predicted octanol–water partition coefficient (Wildman–Crippen LogP) is 2.13. The average molecular weight is 246 g/mol. The minimum Gasteiger partial charge on any atom is -0.459 e. The molecule has 0 saturated carbocycles. The molecule has 0 aliphatic rings. The van der Waals surface area contributed by atoms with E-state index in [0.29, 0.717) is 6.54 Å². The molecule has 0 spiro atoms. The molecule has 0 radical (unpaired) electrons. The van der Waals surface area contributed by atoms with Crippen LogP contribution in [0.4, 0.5) is 0 Å². The second-order valence-corrected chi connectivity index (χ2v) is 5.13. The predicted molar refractivity (Wildman–Crippen MR) is 71.0 cm³/mol. The highest BCUT2D eigenvalue weighted by Gasteiger charge is 2.26. The van der Waals surface area contributed by atoms with Crippen molar-refractivity contribution in [3.05, 3.63) is 36.1 Å². The summed E-state index contributed by atoms with van der Waals surface area (Å²) in [6.45, 7) is 3.82. The lowest BCUT2D eigenvalue weighted by atomic mass is 10.1. The Labute approximate surface area is 106 Å². The summed E-state index contributed by atoms with van der Waals surface area (Å²) in [5, 5.41) is 1.04. The Morgan fingerprint density at radius 1 is 1.39 bits per heavy atom. The van der Waals surface area contributed by atoms with E-state index < -0.39 is 5.54 Å². The smallest absolute Gasteiger partial charge is 0.242 e. The van der Waals surface area contributed by atoms with Crippen LogP contribution in [0.25, 0.3) is 11.0 Å². The normalized spacial score (nSPS) is 11.8. The van der Waals surface area contributed by atoms with E-state index in [4.69, 9.17) is 10.2 Å². The van der Waals surface area contributed by atoms with Crippen LogP contribution in [0.3, 0.4) is 0 Å². The number of nitrogens with two attached hydrogens (primary N) is 1. The number of carbonyl (C=O) groups excluding carboxylic acids is 1. The molecule has 2 aromatic rings. The Hall–Kier alpha value is -1.81. The quantitative estimate of drug-likeness (QED) is 0.902. The van der Waals surface area contributed by atoms with Crippen LogP contribution in [-0.2, 0) is 11.3 Å². The Bertz CT molecular complexity index is 533. The standard InChI is InChI=1S/C14H18N2O2/c1-14(2,15)13(17)16(3)9-11-8-10-6-4-5-7-12(10)18-11/h4-8H,9,15H2,1-3H3. The van der Waals surface area contributed by atoms with Crippen molar-refractivity contribution >= 4 is 16.9 Å². The van der Waals surface area contributed by atoms with Crippen molar-refractivity contribution in [3.8, 4) is 0 Å². The van der Waals surface area contributed by atoms with Gasteiger partial charge in [0.1, 0.15) is 11.3 Å². The van der Waals surface area contributed by atoms with Gasteiger partial charge in [0.05, 0.1) is 12.1 Å². The molecular formula is C14H18N2O2. The molecule has 2 N–H and O–H groups in total. The van der Waals surface area contributed by atoms with Crippen LogP contribution in [-0.4, -0.2) is 23.4 Å². The molecule has 0 aliphatic carbocycles. The van der Waals surface area contributed by atoms with Crippen LogP contribution in [0.15, 0.2) is 34.7 Å². The molecule has 1 amide bonds. The van der Waals surface area contributed by atoms with Gasteiger partial charge in [-0.3, -0.25) is 4.79 Å². The highest BCUT2D eigenvalue weighted by atomic mass is 16.3. The molecular weight excluding hydrogens is 228 g/mol. The summed E-state index contributed by atoms with van der Waals surface area (Å²) in [5.74, 6) is 0.652. The van der Waals surface area contributed by atoms with Gasteiger partial charge in [0.15, 0.2) is 0 Å². The molecule has 1 heterocycles. The Morgan fingerprint density at radius 3 is 2.67 bits per heavy atom. The Kier molecular flexibility index (Phi) is 3.13. The lowest BCUT2D eigenvalue weighted by Crippen LogP contribution is -2.49. The molecule has 96 valence electrons. The van der Waals surface area contributed by atoms with E-state index in [2.05, 4.69) is 0 Å². The topological polar surface area (TPSA) is 59.5 Å². The summed E-state index contributed by atoms with van der Waals surface area (Å²) in [7, 11) is 1.73. The number of hydrogen-bond donors (Lipinski definition) is 1. The first-order valence-corrected chi connectivity index (χ1v) is 5.90. The number of likely N-dealkylation sites (N-methyl/N-ethyl adjacent to an activating group) is 1. The molecule has 18 heavy (non-hydrogen) atoms. The zero-order valence-corrected chi connectivity index (χ0v) is 10.9. The van der Waals surface area contributed by atoms with Crippen LogP contribution in [0.5, 0.6) is 0 Å². The number of nitrogens with zero attached hydrogens (tertiary/aromatic N) is 1. The molecule has 0 fully saturated rings. The van der Waals surface area contributed by atoms with Crippen molar-refractivity contribution in [3.63, 3.8) is 0 Å². The third kappa shape index (κ3) is 2.54. The molecule has 0 atom stereocenters. The van der Waals surface area contributed by atoms with Gasteiger partial charge in [0.2, 0.25) is 5.91 Å². The molecule has 2 rings (SSSR count). The van der Waals surface area contributed by atoms with E-state index in [-0.39, 0.29) is 5.91 Å². The first kappa shape index (κ1) is 12.6. The fourth-order valence-electron chi connectivity index (χ4n) is 1.91. The number of fused-ring (bicyclic) bond motifs is 1. The summed E-state index contributed by atoms with van der Waals surface area (Å²) in [6.07, 6.45) is 0. The number of amides is 1. The van der Waals surface area contributed by atoms with Crippen molar-refractivity contribution < 1.29 is 9.21 Å². The Morgan fingerprint density at radius 2 is 2.06 bits per heavy atom. The van der Waals surface area contributed by atoms with Crippen LogP contribution < -0.4 is 5.73 Å². The lowest BCUT2D eigenvalue weighted by molar-refractivity contribution is -0.135. The molecule has 0 unspecified atom stereocenters. The third-order valence-corrected chi connectivity index (χ3v) is 2.77. The molecule has 1 aromatic heterocycles. The highest BCUT2D eigenvalue weighted by Crippen LogP contribution is 2.20. The number of para-hydroxylation sites is 1. The van der Waals surface area contributed by atoms with E-state index in [1.807, 2.05) is 30.3 Å². The van der Waals surface area contributed by atoms with Gasteiger partial charge < -0.3 is 15.1 Å². The summed E-state index contributed by atoms with van der Waals surface area (Å²) >= 11 is 0. The minimum absolute atomic E-state index is 0.108. The third-order valence-electron chi connectivity index (χ3n) is 2.77. The second kappa shape index (κ2) is 4.46. The zero-order valence-electron chi connectivity index (χ0n) is 10.9. The van der Waals surface area contributed by atoms with Gasteiger partial charge in [0, 0.05) is 12.4 Å². The van der Waals surface area contributed by atoms with Gasteiger partial charge in [-0.05, 0) is 26.0 Å². The van der Waals surface area contributed by atoms with Crippen molar-refractivity contribution in [1.82, 2.24) is 4.90 Å². The lowest BCUT2D eigenvalue weighted by Gasteiger charge is -2.24. The number of carbonyl (C=O) groups is 1. The van der Waals surface area contributed by atoms with E-state index in [9.17, 15) is 4.79 Å². The van der Waals surface area contributed by atoms with Gasteiger partial charge >= 0.3 is 0 Å². The van der Waals surface area contributed by atoms with Gasteiger partial charge in [-0.25, -0.2) is 0 Å². The number of benzene rings is 1. The van der Waals surface area contributed by atoms with E-state index in [0.717, 1.165) is 16.7 Å². The monoisotopic (exact) mass is 246 g/mol. The fraction of sp³-hybridized carbons (Fsp3) is 0.357. The molecule has 4 heteroatoms. The molecule has 0 saturated heterocycles. The number of hydrogen-bond acceptors (Lipinski definition) is 3. The van der Waals surface area contributed by atoms with E-state index in [1.165, 1.54) is 0 Å². The number of furan rings is 1. The van der Waals surface area contributed by atoms with Crippen LogP contribution >= 0.6 is 0 Å².